The average molecular weight is 285 g/mol. The molecule has 1 aliphatic heterocycles. The molecule has 1 atom stereocenters. The topological polar surface area (TPSA) is 29.1 Å². The van der Waals surface area contributed by atoms with Crippen LogP contribution in [0, 0.1) is 0 Å². The maximum absolute atomic E-state index is 12.3. The number of hydrogen-bond donors (Lipinski definition) is 1. The maximum Gasteiger partial charge on any atom is 0.138 e. The first-order valence-electron chi connectivity index (χ1n) is 7.12. The highest BCUT2D eigenvalue weighted by molar-refractivity contribution is 7.99. The van der Waals surface area contributed by atoms with Crippen LogP contribution in [0.2, 0.25) is 0 Å². The molecule has 2 aromatic carbocycles. The Bertz CT molecular complexity index is 599. The van der Waals surface area contributed by atoms with Crippen LogP contribution in [0.3, 0.4) is 0 Å². The summed E-state index contributed by atoms with van der Waals surface area (Å²) in [4.78, 5) is 12.3. The van der Waals surface area contributed by atoms with Crippen LogP contribution in [0.25, 0.3) is 10.8 Å². The third kappa shape index (κ3) is 3.22. The number of benzene rings is 2. The molecule has 0 aromatic heterocycles. The summed E-state index contributed by atoms with van der Waals surface area (Å²) >= 11 is 1.94. The fourth-order valence-electron chi connectivity index (χ4n) is 2.76. The lowest BCUT2D eigenvalue weighted by Gasteiger charge is -2.22. The number of hydrogen-bond acceptors (Lipinski definition) is 3. The van der Waals surface area contributed by atoms with Gasteiger partial charge in [-0.3, -0.25) is 4.79 Å². The van der Waals surface area contributed by atoms with Crippen molar-refractivity contribution in [2.75, 3.05) is 18.1 Å². The maximum atomic E-state index is 12.3. The lowest BCUT2D eigenvalue weighted by molar-refractivity contribution is -0.118. The summed E-state index contributed by atoms with van der Waals surface area (Å²) in [6.07, 6.45) is 1.19. The number of rotatable bonds is 4. The molecule has 1 N–H and O–H groups in total. The second-order valence-corrected chi connectivity index (χ2v) is 6.43. The summed E-state index contributed by atoms with van der Waals surface area (Å²) in [5, 5.41) is 5.85. The number of fused-ring (bicyclic) bond motifs is 1. The molecule has 0 spiro atoms. The van der Waals surface area contributed by atoms with Gasteiger partial charge in [0.25, 0.3) is 0 Å². The number of carbonyl (C=O) groups excluding carboxylic acids is 1. The van der Waals surface area contributed by atoms with Gasteiger partial charge >= 0.3 is 0 Å². The summed E-state index contributed by atoms with van der Waals surface area (Å²) in [5.41, 5.74) is 1.15. The Balaban J connectivity index is 1.71. The molecule has 2 nitrogen and oxygen atoms in total. The fourth-order valence-corrected chi connectivity index (χ4v) is 3.71. The van der Waals surface area contributed by atoms with Crippen molar-refractivity contribution in [3.8, 4) is 0 Å². The average Bonchev–Trinajstić information content (AvgIpc) is 2.48. The minimum atomic E-state index is 0.335. The second-order valence-electron chi connectivity index (χ2n) is 5.28. The number of carbonyl (C=O) groups is 1. The summed E-state index contributed by atoms with van der Waals surface area (Å²) in [6, 6.07) is 14.9. The molecule has 2 aromatic rings. The monoisotopic (exact) mass is 285 g/mol. The Labute approximate surface area is 123 Å². The van der Waals surface area contributed by atoms with Crippen LogP contribution in [-0.4, -0.2) is 29.9 Å². The van der Waals surface area contributed by atoms with Crippen molar-refractivity contribution in [1.29, 1.82) is 0 Å². The van der Waals surface area contributed by atoms with Gasteiger partial charge in [-0.25, -0.2) is 0 Å². The van der Waals surface area contributed by atoms with Crippen molar-refractivity contribution in [2.24, 2.45) is 0 Å². The second kappa shape index (κ2) is 6.42. The molecule has 3 heteroatoms. The van der Waals surface area contributed by atoms with Crippen molar-refractivity contribution in [1.82, 2.24) is 5.32 Å². The van der Waals surface area contributed by atoms with E-state index in [0.29, 0.717) is 24.7 Å². The zero-order chi connectivity index (χ0) is 13.8. The third-order valence-corrected chi connectivity index (χ3v) is 4.87. The van der Waals surface area contributed by atoms with E-state index < -0.39 is 0 Å². The van der Waals surface area contributed by atoms with Crippen LogP contribution in [0.4, 0.5) is 0 Å². The smallest absolute Gasteiger partial charge is 0.138 e. The molecule has 1 saturated heterocycles. The molecule has 0 saturated carbocycles. The predicted molar refractivity (Wildman–Crippen MR) is 86.4 cm³/mol. The molecular weight excluding hydrogens is 266 g/mol. The van der Waals surface area contributed by atoms with E-state index in [1.54, 1.807) is 0 Å². The zero-order valence-corrected chi connectivity index (χ0v) is 12.3. The van der Waals surface area contributed by atoms with E-state index in [4.69, 9.17) is 0 Å². The third-order valence-electron chi connectivity index (χ3n) is 3.74. The van der Waals surface area contributed by atoms with Gasteiger partial charge in [-0.1, -0.05) is 42.5 Å². The molecule has 0 radical (unpaired) electrons. The Kier molecular flexibility index (Phi) is 4.38. The van der Waals surface area contributed by atoms with E-state index >= 15 is 0 Å². The molecule has 1 heterocycles. The molecule has 0 aliphatic carbocycles. The number of nitrogens with one attached hydrogen (secondary N) is 1. The number of ketones is 1. The normalized spacial score (nSPS) is 19.1. The highest BCUT2D eigenvalue weighted by atomic mass is 32.2. The van der Waals surface area contributed by atoms with Crippen LogP contribution in [0.15, 0.2) is 42.5 Å². The van der Waals surface area contributed by atoms with Gasteiger partial charge in [0.1, 0.15) is 5.78 Å². The molecular formula is C17H19NOS. The van der Waals surface area contributed by atoms with Crippen LogP contribution in [0.1, 0.15) is 12.0 Å². The van der Waals surface area contributed by atoms with Crippen molar-refractivity contribution >= 4 is 28.3 Å². The summed E-state index contributed by atoms with van der Waals surface area (Å²) in [6.45, 7) is 1.02. The van der Waals surface area contributed by atoms with Gasteiger partial charge in [0.05, 0.1) is 0 Å². The van der Waals surface area contributed by atoms with E-state index in [-0.39, 0.29) is 0 Å². The van der Waals surface area contributed by atoms with Gasteiger partial charge in [0, 0.05) is 36.9 Å². The number of thioether (sulfide) groups is 1. The van der Waals surface area contributed by atoms with Gasteiger partial charge in [-0.05, 0) is 16.3 Å². The molecule has 1 aliphatic rings. The van der Waals surface area contributed by atoms with Gasteiger partial charge in [-0.15, -0.1) is 0 Å². The van der Waals surface area contributed by atoms with Crippen LogP contribution >= 0.6 is 11.8 Å². The lowest BCUT2D eigenvalue weighted by Crippen LogP contribution is -2.39. The first-order valence-corrected chi connectivity index (χ1v) is 8.28. The molecule has 1 unspecified atom stereocenters. The van der Waals surface area contributed by atoms with Crippen molar-refractivity contribution in [2.45, 2.75) is 18.9 Å². The molecule has 104 valence electrons. The molecule has 20 heavy (non-hydrogen) atoms. The summed E-state index contributed by atoms with van der Waals surface area (Å²) in [5.74, 6) is 2.55. The van der Waals surface area contributed by atoms with Crippen molar-refractivity contribution in [3.63, 3.8) is 0 Å². The number of Topliss-reactive ketones (excluding diaryl/α,β-unsaturated/α-hetero) is 1. The van der Waals surface area contributed by atoms with Gasteiger partial charge in [0.15, 0.2) is 0 Å². The summed E-state index contributed by atoms with van der Waals surface area (Å²) in [7, 11) is 0. The first kappa shape index (κ1) is 13.7. The molecule has 3 rings (SSSR count). The Hall–Kier alpha value is -1.32. The van der Waals surface area contributed by atoms with Gasteiger partial charge in [0.2, 0.25) is 0 Å². The molecule has 1 fully saturated rings. The first-order chi connectivity index (χ1) is 9.83. The minimum absolute atomic E-state index is 0.335. The molecule has 0 bridgehead atoms. The van der Waals surface area contributed by atoms with Crippen LogP contribution in [-0.2, 0) is 11.2 Å². The lowest BCUT2D eigenvalue weighted by atomic mass is 9.98. The zero-order valence-electron chi connectivity index (χ0n) is 11.5. The van der Waals surface area contributed by atoms with E-state index in [2.05, 4.69) is 29.6 Å². The van der Waals surface area contributed by atoms with Crippen molar-refractivity contribution in [3.05, 3.63) is 48.0 Å². The Morgan fingerprint density at radius 3 is 2.90 bits per heavy atom. The standard InChI is InChI=1S/C17H19NOS/c19-16(11-15-12-20-9-8-18-15)10-14-6-3-5-13-4-1-2-7-17(13)14/h1-7,15,18H,8-12H2. The highest BCUT2D eigenvalue weighted by Gasteiger charge is 2.17. The SMILES string of the molecule is O=C(Cc1cccc2ccccc12)CC1CSCCN1. The van der Waals surface area contributed by atoms with Crippen molar-refractivity contribution < 1.29 is 4.79 Å². The van der Waals surface area contributed by atoms with E-state index in [0.717, 1.165) is 23.6 Å². The van der Waals surface area contributed by atoms with E-state index in [1.807, 2.05) is 30.0 Å². The van der Waals surface area contributed by atoms with Gasteiger partial charge in [-0.2, -0.15) is 11.8 Å². The largest absolute Gasteiger partial charge is 0.312 e. The summed E-state index contributed by atoms with van der Waals surface area (Å²) < 4.78 is 0. The van der Waals surface area contributed by atoms with E-state index in [1.165, 1.54) is 10.8 Å². The fraction of sp³-hybridized carbons (Fsp3) is 0.353. The van der Waals surface area contributed by atoms with Crippen LogP contribution in [0.5, 0.6) is 0 Å². The molecule has 0 amide bonds. The van der Waals surface area contributed by atoms with Crippen LogP contribution < -0.4 is 5.32 Å². The predicted octanol–water partition coefficient (Wildman–Crippen LogP) is 3.05. The highest BCUT2D eigenvalue weighted by Crippen LogP contribution is 2.20. The Morgan fingerprint density at radius 1 is 1.20 bits per heavy atom. The Morgan fingerprint density at radius 2 is 2.05 bits per heavy atom. The minimum Gasteiger partial charge on any atom is -0.312 e. The van der Waals surface area contributed by atoms with Gasteiger partial charge < -0.3 is 5.32 Å². The quantitative estimate of drug-likeness (QED) is 0.936. The van der Waals surface area contributed by atoms with E-state index in [9.17, 15) is 4.79 Å².